The van der Waals surface area contributed by atoms with Gasteiger partial charge in [-0.25, -0.2) is 23.4 Å². The summed E-state index contributed by atoms with van der Waals surface area (Å²) in [4.78, 5) is 21.9. The van der Waals surface area contributed by atoms with E-state index in [0.29, 0.717) is 11.4 Å². The van der Waals surface area contributed by atoms with Crippen molar-refractivity contribution in [3.05, 3.63) is 101 Å². The smallest absolute Gasteiger partial charge is 0.272 e. The second-order valence-corrected chi connectivity index (χ2v) is 8.45. The van der Waals surface area contributed by atoms with E-state index in [-0.39, 0.29) is 12.5 Å². The third kappa shape index (κ3) is 3.74. The normalized spacial score (nSPS) is 12.7. The molecule has 1 aliphatic rings. The molecule has 0 atom stereocenters. The Kier molecular flexibility index (Phi) is 5.09. The van der Waals surface area contributed by atoms with Gasteiger partial charge in [0.05, 0.1) is 16.7 Å². The zero-order chi connectivity index (χ0) is 23.9. The molecule has 3 heterocycles. The lowest BCUT2D eigenvalue weighted by atomic mass is 10.2. The second-order valence-electron chi connectivity index (χ2n) is 8.45. The summed E-state index contributed by atoms with van der Waals surface area (Å²) in [6.07, 6.45) is 5.78. The Morgan fingerprint density at radius 2 is 1.89 bits per heavy atom. The molecule has 5 aromatic rings. The summed E-state index contributed by atoms with van der Waals surface area (Å²) in [7, 11) is 0. The van der Waals surface area contributed by atoms with Gasteiger partial charge in [0.2, 0.25) is 0 Å². The highest BCUT2D eigenvalue weighted by Gasteiger charge is 2.27. The van der Waals surface area contributed by atoms with Crippen LogP contribution in [0.3, 0.4) is 0 Å². The van der Waals surface area contributed by atoms with Crippen LogP contribution in [0.5, 0.6) is 0 Å². The SMILES string of the molecule is O=C(NCc1ccc(-n2cnc3ccccc32)nc1)c1nn(-c2ccc(F)c(F)c2)c2c1CCC2. The van der Waals surface area contributed by atoms with Crippen molar-refractivity contribution in [2.75, 3.05) is 0 Å². The first-order chi connectivity index (χ1) is 17.1. The van der Waals surface area contributed by atoms with Crippen LogP contribution < -0.4 is 5.32 Å². The topological polar surface area (TPSA) is 77.6 Å². The Morgan fingerprint density at radius 1 is 1.00 bits per heavy atom. The molecule has 6 rings (SSSR count). The van der Waals surface area contributed by atoms with Crippen LogP contribution in [0, 0.1) is 11.6 Å². The largest absolute Gasteiger partial charge is 0.346 e. The van der Waals surface area contributed by atoms with E-state index in [2.05, 4.69) is 20.4 Å². The summed E-state index contributed by atoms with van der Waals surface area (Å²) in [6.45, 7) is 0.281. The quantitative estimate of drug-likeness (QED) is 0.416. The first kappa shape index (κ1) is 21.2. The minimum atomic E-state index is -0.949. The molecule has 1 amide bonds. The van der Waals surface area contributed by atoms with Crippen molar-refractivity contribution < 1.29 is 13.6 Å². The molecule has 3 aromatic heterocycles. The first-order valence-corrected chi connectivity index (χ1v) is 11.3. The fourth-order valence-corrected chi connectivity index (χ4v) is 4.52. The minimum Gasteiger partial charge on any atom is -0.346 e. The third-order valence-electron chi connectivity index (χ3n) is 6.26. The predicted octanol–water partition coefficient (Wildman–Crippen LogP) is 4.30. The number of carbonyl (C=O) groups is 1. The van der Waals surface area contributed by atoms with Crippen LogP contribution in [0.4, 0.5) is 8.78 Å². The van der Waals surface area contributed by atoms with Crippen molar-refractivity contribution in [2.45, 2.75) is 25.8 Å². The fourth-order valence-electron chi connectivity index (χ4n) is 4.52. The van der Waals surface area contributed by atoms with Gasteiger partial charge in [0.25, 0.3) is 5.91 Å². The van der Waals surface area contributed by atoms with Gasteiger partial charge in [-0.05, 0) is 55.2 Å². The van der Waals surface area contributed by atoms with E-state index < -0.39 is 11.6 Å². The molecule has 1 N–H and O–H groups in total. The molecule has 35 heavy (non-hydrogen) atoms. The number of carbonyl (C=O) groups excluding carboxylic acids is 1. The lowest BCUT2D eigenvalue weighted by Crippen LogP contribution is -2.24. The molecule has 0 bridgehead atoms. The highest BCUT2D eigenvalue weighted by Crippen LogP contribution is 2.28. The predicted molar refractivity (Wildman–Crippen MR) is 126 cm³/mol. The molecule has 7 nitrogen and oxygen atoms in total. The average molecular weight is 470 g/mol. The summed E-state index contributed by atoms with van der Waals surface area (Å²) < 4.78 is 30.6. The average Bonchev–Trinajstić information content (AvgIpc) is 3.60. The number of amides is 1. The third-order valence-corrected chi connectivity index (χ3v) is 6.26. The van der Waals surface area contributed by atoms with Crippen molar-refractivity contribution in [2.24, 2.45) is 0 Å². The zero-order valence-electron chi connectivity index (χ0n) is 18.6. The monoisotopic (exact) mass is 470 g/mol. The van der Waals surface area contributed by atoms with Gasteiger partial charge in [-0.2, -0.15) is 5.10 Å². The summed E-state index contributed by atoms with van der Waals surface area (Å²) in [5.74, 6) is -1.45. The number of fused-ring (bicyclic) bond motifs is 2. The Labute approximate surface area is 199 Å². The van der Waals surface area contributed by atoms with Gasteiger partial charge in [-0.3, -0.25) is 9.36 Å². The van der Waals surface area contributed by atoms with Crippen molar-refractivity contribution >= 4 is 16.9 Å². The molecule has 0 radical (unpaired) electrons. The van der Waals surface area contributed by atoms with Gasteiger partial charge in [-0.15, -0.1) is 0 Å². The zero-order valence-corrected chi connectivity index (χ0v) is 18.6. The summed E-state index contributed by atoms with van der Waals surface area (Å²) in [5, 5.41) is 7.36. The van der Waals surface area contributed by atoms with E-state index in [9.17, 15) is 13.6 Å². The van der Waals surface area contributed by atoms with Gasteiger partial charge < -0.3 is 5.32 Å². The summed E-state index contributed by atoms with van der Waals surface area (Å²) in [6, 6.07) is 15.2. The number of hydrogen-bond donors (Lipinski definition) is 1. The van der Waals surface area contributed by atoms with Crippen molar-refractivity contribution in [3.8, 4) is 11.5 Å². The number of aromatic nitrogens is 5. The number of nitrogens with one attached hydrogen (secondary N) is 1. The number of nitrogens with zero attached hydrogens (tertiary/aromatic N) is 5. The molecular formula is C26H20F2N6O. The number of para-hydroxylation sites is 2. The van der Waals surface area contributed by atoms with Crippen LogP contribution >= 0.6 is 0 Å². The van der Waals surface area contributed by atoms with Crippen molar-refractivity contribution in [3.63, 3.8) is 0 Å². The second kappa shape index (κ2) is 8.43. The number of hydrogen-bond acceptors (Lipinski definition) is 4. The number of rotatable bonds is 5. The maximum Gasteiger partial charge on any atom is 0.272 e. The van der Waals surface area contributed by atoms with Crippen LogP contribution in [0.2, 0.25) is 0 Å². The molecule has 0 unspecified atom stereocenters. The molecule has 0 saturated heterocycles. The minimum absolute atomic E-state index is 0.281. The Balaban J connectivity index is 1.20. The van der Waals surface area contributed by atoms with Crippen molar-refractivity contribution in [1.82, 2.24) is 29.6 Å². The fraction of sp³-hybridized carbons (Fsp3) is 0.154. The maximum absolute atomic E-state index is 13.8. The molecule has 2 aromatic carbocycles. The van der Waals surface area contributed by atoms with Gasteiger partial charge in [0.1, 0.15) is 12.1 Å². The lowest BCUT2D eigenvalue weighted by molar-refractivity contribution is 0.0944. The number of imidazole rings is 1. The van der Waals surface area contributed by atoms with Crippen molar-refractivity contribution in [1.29, 1.82) is 0 Å². The van der Waals surface area contributed by atoms with E-state index in [0.717, 1.165) is 65.1 Å². The van der Waals surface area contributed by atoms with E-state index in [1.165, 1.54) is 6.07 Å². The number of pyridine rings is 1. The Hall–Kier alpha value is -4.40. The van der Waals surface area contributed by atoms with Crippen LogP contribution in [0.15, 0.2) is 67.1 Å². The highest BCUT2D eigenvalue weighted by molar-refractivity contribution is 5.94. The van der Waals surface area contributed by atoms with E-state index >= 15 is 0 Å². The number of benzene rings is 2. The molecule has 1 aliphatic carbocycles. The maximum atomic E-state index is 13.8. The standard InChI is InChI=1S/C26H20F2N6O/c27-19-10-9-17(12-20(19)28)34-22-7-3-4-18(22)25(32-34)26(35)30-14-16-8-11-24(29-13-16)33-15-31-21-5-1-2-6-23(21)33/h1-2,5-6,8-13,15H,3-4,7,14H2,(H,30,35). The molecule has 9 heteroatoms. The van der Waals surface area contributed by atoms with Gasteiger partial charge >= 0.3 is 0 Å². The van der Waals surface area contributed by atoms with Gasteiger partial charge in [0, 0.05) is 30.1 Å². The van der Waals surface area contributed by atoms with E-state index in [4.69, 9.17) is 0 Å². The van der Waals surface area contributed by atoms with E-state index in [1.807, 2.05) is 41.0 Å². The summed E-state index contributed by atoms with van der Waals surface area (Å²) >= 11 is 0. The molecule has 0 fully saturated rings. The first-order valence-electron chi connectivity index (χ1n) is 11.3. The highest BCUT2D eigenvalue weighted by atomic mass is 19.2. The summed E-state index contributed by atoms with van der Waals surface area (Å²) in [5.41, 5.74) is 5.12. The molecule has 0 saturated carbocycles. The van der Waals surface area contributed by atoms with Crippen LogP contribution in [0.25, 0.3) is 22.5 Å². The molecule has 174 valence electrons. The molecule has 0 aliphatic heterocycles. The van der Waals surface area contributed by atoms with E-state index in [1.54, 1.807) is 17.2 Å². The van der Waals surface area contributed by atoms with Gasteiger partial charge in [0.15, 0.2) is 17.3 Å². The van der Waals surface area contributed by atoms with Crippen LogP contribution in [0.1, 0.15) is 33.7 Å². The lowest BCUT2D eigenvalue weighted by Gasteiger charge is -2.07. The van der Waals surface area contributed by atoms with Crippen LogP contribution in [-0.4, -0.2) is 30.2 Å². The van der Waals surface area contributed by atoms with Crippen LogP contribution in [-0.2, 0) is 19.4 Å². The molecular weight excluding hydrogens is 450 g/mol. The molecule has 0 spiro atoms. The number of halogens is 2. The van der Waals surface area contributed by atoms with Gasteiger partial charge in [-0.1, -0.05) is 18.2 Å². The Bertz CT molecular complexity index is 1570. The Morgan fingerprint density at radius 3 is 2.71 bits per heavy atom.